The van der Waals surface area contributed by atoms with Crippen molar-refractivity contribution < 1.29 is 44.4 Å². The van der Waals surface area contributed by atoms with E-state index in [1.165, 1.54) is 0 Å². The lowest BCUT2D eigenvalue weighted by atomic mass is 10.1. The number of halogens is 6. The highest BCUT2D eigenvalue weighted by Gasteiger charge is 2.34. The molecule has 0 aromatic heterocycles. The Bertz CT molecular complexity index is 836. The molecular formula is C16H19F6N3O4S. The molecule has 7 nitrogen and oxygen atoms in total. The van der Waals surface area contributed by atoms with E-state index in [0.29, 0.717) is 6.07 Å². The van der Waals surface area contributed by atoms with Gasteiger partial charge in [0.15, 0.2) is 0 Å². The van der Waals surface area contributed by atoms with Crippen LogP contribution in [0.15, 0.2) is 29.2 Å². The lowest BCUT2D eigenvalue weighted by Crippen LogP contribution is -2.44. The third-order valence-electron chi connectivity index (χ3n) is 4.21. The van der Waals surface area contributed by atoms with Crippen molar-refractivity contribution in [2.75, 3.05) is 19.6 Å². The first-order valence-corrected chi connectivity index (χ1v) is 10.2. The number of hydrogen-bond donors (Lipinski definition) is 2. The van der Waals surface area contributed by atoms with Gasteiger partial charge in [-0.1, -0.05) is 6.07 Å². The zero-order valence-corrected chi connectivity index (χ0v) is 16.2. The number of hydroxylamine groups is 1. The van der Waals surface area contributed by atoms with E-state index >= 15 is 0 Å². The van der Waals surface area contributed by atoms with E-state index in [4.69, 9.17) is 4.84 Å². The first kappa shape index (κ1) is 24.2. The molecule has 0 aliphatic carbocycles. The average Bonchev–Trinajstić information content (AvgIpc) is 2.65. The molecule has 14 heteroatoms. The molecule has 1 aromatic carbocycles. The highest BCUT2D eigenvalue weighted by Crippen LogP contribution is 2.31. The number of nitrogens with one attached hydrogen (secondary N) is 2. The van der Waals surface area contributed by atoms with Crippen molar-refractivity contribution >= 4 is 16.1 Å². The standard InChI is InChI=1S/C16H19F6N3O4S/c17-15(18,19)6-7-23-14(26)24-29-12-4-8-25(9-5-12)30(27,28)13-3-1-2-11(10-13)16(20,21)22/h1-3,10,12H,4-9H2,(H2,23,24,26). The molecule has 170 valence electrons. The van der Waals surface area contributed by atoms with Gasteiger partial charge in [0.05, 0.1) is 23.0 Å². The van der Waals surface area contributed by atoms with Crippen LogP contribution in [-0.2, 0) is 21.0 Å². The van der Waals surface area contributed by atoms with Gasteiger partial charge in [-0.25, -0.2) is 18.7 Å². The van der Waals surface area contributed by atoms with E-state index in [1.807, 2.05) is 10.8 Å². The number of carbonyl (C=O) groups is 1. The quantitative estimate of drug-likeness (QED) is 0.502. The van der Waals surface area contributed by atoms with Gasteiger partial charge >= 0.3 is 18.4 Å². The second kappa shape index (κ2) is 9.39. The van der Waals surface area contributed by atoms with Crippen LogP contribution in [0.5, 0.6) is 0 Å². The topological polar surface area (TPSA) is 87.7 Å². The molecule has 2 amide bonds. The fourth-order valence-corrected chi connectivity index (χ4v) is 4.18. The number of rotatable bonds is 6. The zero-order valence-electron chi connectivity index (χ0n) is 15.4. The summed E-state index contributed by atoms with van der Waals surface area (Å²) in [6, 6.07) is 2.43. The van der Waals surface area contributed by atoms with Gasteiger partial charge in [-0.05, 0) is 31.0 Å². The number of hydrogen-bond acceptors (Lipinski definition) is 4. The Balaban J connectivity index is 1.84. The van der Waals surface area contributed by atoms with Gasteiger partial charge in [0, 0.05) is 19.6 Å². The monoisotopic (exact) mass is 463 g/mol. The van der Waals surface area contributed by atoms with Gasteiger partial charge in [-0.15, -0.1) is 0 Å². The van der Waals surface area contributed by atoms with Gasteiger partial charge in [0.2, 0.25) is 10.0 Å². The van der Waals surface area contributed by atoms with Crippen LogP contribution >= 0.6 is 0 Å². The van der Waals surface area contributed by atoms with Crippen molar-refractivity contribution in [2.24, 2.45) is 0 Å². The van der Waals surface area contributed by atoms with Crippen LogP contribution in [0.1, 0.15) is 24.8 Å². The van der Waals surface area contributed by atoms with Crippen molar-refractivity contribution in [1.82, 2.24) is 15.1 Å². The van der Waals surface area contributed by atoms with E-state index in [0.717, 1.165) is 22.5 Å². The van der Waals surface area contributed by atoms with E-state index in [2.05, 4.69) is 0 Å². The van der Waals surface area contributed by atoms with Gasteiger partial charge in [0.1, 0.15) is 0 Å². The number of alkyl halides is 6. The van der Waals surface area contributed by atoms with Crippen LogP contribution in [0.2, 0.25) is 0 Å². The number of urea groups is 1. The largest absolute Gasteiger partial charge is 0.416 e. The molecule has 1 aliphatic heterocycles. The van der Waals surface area contributed by atoms with Crippen molar-refractivity contribution in [3.8, 4) is 0 Å². The summed E-state index contributed by atoms with van der Waals surface area (Å²) in [6.07, 6.45) is -10.6. The molecule has 1 aliphatic rings. The smallest absolute Gasteiger partial charge is 0.336 e. The molecule has 0 spiro atoms. The molecule has 1 aromatic rings. The Kier molecular flexibility index (Phi) is 7.58. The van der Waals surface area contributed by atoms with Crippen molar-refractivity contribution in [2.45, 2.75) is 42.6 Å². The third kappa shape index (κ3) is 7.02. The molecule has 0 atom stereocenters. The fourth-order valence-electron chi connectivity index (χ4n) is 2.66. The van der Waals surface area contributed by atoms with E-state index < -0.39 is 57.9 Å². The van der Waals surface area contributed by atoms with E-state index in [1.54, 1.807) is 0 Å². The second-order valence-electron chi connectivity index (χ2n) is 6.47. The van der Waals surface area contributed by atoms with Crippen LogP contribution in [0.3, 0.4) is 0 Å². The summed E-state index contributed by atoms with van der Waals surface area (Å²) in [4.78, 5) is 15.9. The van der Waals surface area contributed by atoms with Crippen LogP contribution < -0.4 is 10.8 Å². The summed E-state index contributed by atoms with van der Waals surface area (Å²) in [7, 11) is -4.15. The number of nitrogens with zero attached hydrogens (tertiary/aromatic N) is 1. The average molecular weight is 463 g/mol. The molecule has 30 heavy (non-hydrogen) atoms. The highest BCUT2D eigenvalue weighted by molar-refractivity contribution is 7.89. The summed E-state index contributed by atoms with van der Waals surface area (Å²) in [5, 5.41) is 1.96. The maximum atomic E-state index is 12.8. The van der Waals surface area contributed by atoms with Gasteiger partial charge < -0.3 is 5.32 Å². The first-order valence-electron chi connectivity index (χ1n) is 8.73. The van der Waals surface area contributed by atoms with Gasteiger partial charge in [0.25, 0.3) is 0 Å². The molecule has 0 radical (unpaired) electrons. The lowest BCUT2D eigenvalue weighted by molar-refractivity contribution is -0.137. The number of carbonyl (C=O) groups excluding carboxylic acids is 1. The van der Waals surface area contributed by atoms with Gasteiger partial charge in [-0.3, -0.25) is 4.84 Å². The Morgan fingerprint density at radius 1 is 1.13 bits per heavy atom. The third-order valence-corrected chi connectivity index (χ3v) is 6.11. The summed E-state index contributed by atoms with van der Waals surface area (Å²) in [5.74, 6) is 0. The SMILES string of the molecule is O=C(NCCC(F)(F)F)NOC1CCN(S(=O)(=O)c2cccc(C(F)(F)F)c2)CC1. The normalized spacial score (nSPS) is 17.0. The Hall–Kier alpha value is -2.06. The fraction of sp³-hybridized carbons (Fsp3) is 0.562. The zero-order chi connectivity index (χ0) is 22.6. The molecule has 0 unspecified atom stereocenters. The van der Waals surface area contributed by atoms with Crippen LogP contribution in [0, 0.1) is 0 Å². The Morgan fingerprint density at radius 3 is 2.33 bits per heavy atom. The van der Waals surface area contributed by atoms with E-state index in [-0.39, 0.29) is 25.9 Å². The lowest BCUT2D eigenvalue weighted by Gasteiger charge is -2.30. The predicted molar refractivity (Wildman–Crippen MR) is 91.5 cm³/mol. The molecule has 0 saturated carbocycles. The number of sulfonamides is 1. The molecule has 1 saturated heterocycles. The highest BCUT2D eigenvalue weighted by atomic mass is 32.2. The van der Waals surface area contributed by atoms with Crippen molar-refractivity contribution in [1.29, 1.82) is 0 Å². The number of piperidine rings is 1. The maximum absolute atomic E-state index is 12.8. The number of amides is 2. The summed E-state index contributed by atoms with van der Waals surface area (Å²) in [6.45, 7) is -0.770. The van der Waals surface area contributed by atoms with Crippen LogP contribution in [0.4, 0.5) is 31.1 Å². The van der Waals surface area contributed by atoms with Crippen molar-refractivity contribution in [3.05, 3.63) is 29.8 Å². The Morgan fingerprint density at radius 2 is 1.77 bits per heavy atom. The Labute approximate surface area is 168 Å². The van der Waals surface area contributed by atoms with Crippen LogP contribution in [-0.4, -0.2) is 50.7 Å². The first-order chi connectivity index (χ1) is 13.8. The predicted octanol–water partition coefficient (Wildman–Crippen LogP) is 3.04. The molecular weight excluding hydrogens is 444 g/mol. The van der Waals surface area contributed by atoms with E-state index in [9.17, 15) is 39.6 Å². The second-order valence-corrected chi connectivity index (χ2v) is 8.41. The minimum absolute atomic E-state index is 0.0688. The summed E-state index contributed by atoms with van der Waals surface area (Å²) < 4.78 is 101. The minimum atomic E-state index is -4.68. The van der Waals surface area contributed by atoms with Gasteiger partial charge in [-0.2, -0.15) is 30.6 Å². The summed E-state index contributed by atoms with van der Waals surface area (Å²) in [5.41, 5.74) is 0.857. The maximum Gasteiger partial charge on any atom is 0.416 e. The molecule has 1 heterocycles. The molecule has 1 fully saturated rings. The number of benzene rings is 1. The molecule has 2 N–H and O–H groups in total. The van der Waals surface area contributed by atoms with Crippen molar-refractivity contribution in [3.63, 3.8) is 0 Å². The minimum Gasteiger partial charge on any atom is -0.336 e. The molecule has 0 bridgehead atoms. The van der Waals surface area contributed by atoms with Crippen LogP contribution in [0.25, 0.3) is 0 Å². The summed E-state index contributed by atoms with van der Waals surface area (Å²) >= 11 is 0. The molecule has 2 rings (SSSR count).